The van der Waals surface area contributed by atoms with E-state index in [0.29, 0.717) is 19.4 Å². The summed E-state index contributed by atoms with van der Waals surface area (Å²) in [6.07, 6.45) is 58.0. The zero-order valence-corrected chi connectivity index (χ0v) is 37.1. The predicted molar refractivity (Wildman–Crippen MR) is 242 cm³/mol. The quantitative estimate of drug-likeness (QED) is 0.0350. The third-order valence-electron chi connectivity index (χ3n) is 10.0. The van der Waals surface area contributed by atoms with Crippen molar-refractivity contribution in [2.24, 2.45) is 0 Å². The van der Waals surface area contributed by atoms with Crippen LogP contribution in [0.3, 0.4) is 0 Å². The van der Waals surface area contributed by atoms with E-state index in [2.05, 4.69) is 81.5 Å². The molecule has 0 aromatic heterocycles. The monoisotopic (exact) mass is 783 g/mol. The van der Waals surface area contributed by atoms with E-state index in [0.717, 1.165) is 77.0 Å². The molecule has 324 valence electrons. The van der Waals surface area contributed by atoms with E-state index in [4.69, 9.17) is 14.2 Å². The molecule has 0 heterocycles. The first-order valence-corrected chi connectivity index (χ1v) is 23.8. The Bertz CT molecular complexity index is 977. The number of unbranched alkanes of at least 4 members (excludes halogenated alkanes) is 22. The fraction of sp³-hybridized carbons (Fsp3) is 0.765. The average molecular weight is 783 g/mol. The van der Waals surface area contributed by atoms with E-state index < -0.39 is 6.10 Å². The predicted octanol–water partition coefficient (Wildman–Crippen LogP) is 15.8. The van der Waals surface area contributed by atoms with Crippen LogP contribution in [0.2, 0.25) is 0 Å². The molecule has 0 amide bonds. The lowest BCUT2D eigenvalue weighted by molar-refractivity contribution is -0.163. The molecule has 0 spiro atoms. The van der Waals surface area contributed by atoms with Crippen LogP contribution in [0.5, 0.6) is 0 Å². The molecule has 0 aromatic rings. The van der Waals surface area contributed by atoms with Crippen LogP contribution in [0.1, 0.15) is 226 Å². The van der Waals surface area contributed by atoms with Crippen LogP contribution in [-0.2, 0) is 23.8 Å². The van der Waals surface area contributed by atoms with Gasteiger partial charge in [0.15, 0.2) is 6.10 Å². The summed E-state index contributed by atoms with van der Waals surface area (Å²) in [4.78, 5) is 25.3. The van der Waals surface area contributed by atoms with Gasteiger partial charge in [-0.15, -0.1) is 0 Å². The Labute approximate surface area is 347 Å². The van der Waals surface area contributed by atoms with E-state index >= 15 is 0 Å². The Hall–Kier alpha value is -2.40. The molecule has 1 unspecified atom stereocenters. The van der Waals surface area contributed by atoms with Crippen molar-refractivity contribution in [2.75, 3.05) is 19.8 Å². The van der Waals surface area contributed by atoms with Gasteiger partial charge in [0.1, 0.15) is 6.61 Å². The largest absolute Gasteiger partial charge is 0.462 e. The first-order chi connectivity index (χ1) is 27.6. The second-order valence-corrected chi connectivity index (χ2v) is 15.6. The zero-order chi connectivity index (χ0) is 40.7. The van der Waals surface area contributed by atoms with Crippen molar-refractivity contribution in [3.05, 3.63) is 60.8 Å². The molecule has 0 aliphatic rings. The molecule has 0 saturated carbocycles. The number of carbonyl (C=O) groups excluding carboxylic acids is 2. The number of hydrogen-bond donors (Lipinski definition) is 0. The van der Waals surface area contributed by atoms with Gasteiger partial charge in [-0.1, -0.05) is 197 Å². The first kappa shape index (κ1) is 53.6. The minimum absolute atomic E-state index is 0.0603. The van der Waals surface area contributed by atoms with E-state index in [1.807, 2.05) is 0 Å². The van der Waals surface area contributed by atoms with Crippen molar-refractivity contribution in [1.82, 2.24) is 0 Å². The summed E-state index contributed by atoms with van der Waals surface area (Å²) in [5.41, 5.74) is 0. The van der Waals surface area contributed by atoms with Crippen molar-refractivity contribution >= 4 is 11.9 Å². The summed E-state index contributed by atoms with van der Waals surface area (Å²) in [5.74, 6) is -0.434. The van der Waals surface area contributed by atoms with Gasteiger partial charge in [-0.2, -0.15) is 0 Å². The van der Waals surface area contributed by atoms with Gasteiger partial charge in [-0.25, -0.2) is 0 Å². The average Bonchev–Trinajstić information content (AvgIpc) is 3.20. The Morgan fingerprint density at radius 2 is 0.804 bits per heavy atom. The third-order valence-corrected chi connectivity index (χ3v) is 10.0. The molecule has 0 bridgehead atoms. The maximum absolute atomic E-state index is 12.7. The molecule has 0 aliphatic heterocycles. The molecule has 0 aliphatic carbocycles. The summed E-state index contributed by atoms with van der Waals surface area (Å²) in [6, 6.07) is 0. The highest BCUT2D eigenvalue weighted by Crippen LogP contribution is 2.14. The van der Waals surface area contributed by atoms with Gasteiger partial charge in [-0.05, 0) is 77.0 Å². The summed E-state index contributed by atoms with van der Waals surface area (Å²) in [7, 11) is 0. The third kappa shape index (κ3) is 44.3. The molecule has 1 atom stereocenters. The highest BCUT2D eigenvalue weighted by Gasteiger charge is 2.17. The number of carbonyl (C=O) groups is 2. The lowest BCUT2D eigenvalue weighted by Crippen LogP contribution is -2.30. The molecule has 0 radical (unpaired) electrons. The molecule has 56 heavy (non-hydrogen) atoms. The van der Waals surface area contributed by atoms with Crippen LogP contribution >= 0.6 is 0 Å². The highest BCUT2D eigenvalue weighted by molar-refractivity contribution is 5.70. The van der Waals surface area contributed by atoms with Crippen LogP contribution < -0.4 is 0 Å². The summed E-state index contributed by atoms with van der Waals surface area (Å²) >= 11 is 0. The standard InChI is InChI=1S/C51H90O5/c1-4-7-10-13-16-19-22-24-26-27-30-32-35-38-41-44-50(52)55-48-49(56-51(53)45-42-39-36-33-29-21-18-15-12-9-6-3)47-54-46-43-40-37-34-31-28-25-23-20-17-14-11-8-5-2/h8,11,17,20,24-26,28,34,37,49H,4-7,9-10,12-16,18-19,21-23,27,29-33,35-36,38-48H2,1-3H3/b11-8-,20-17-,26-24-,28-25-,37-34-. The molecule has 0 aromatic carbocycles. The van der Waals surface area contributed by atoms with Crippen LogP contribution in [0.4, 0.5) is 0 Å². The van der Waals surface area contributed by atoms with Crippen molar-refractivity contribution in [1.29, 1.82) is 0 Å². The number of rotatable bonds is 43. The topological polar surface area (TPSA) is 61.8 Å². The lowest BCUT2D eigenvalue weighted by Gasteiger charge is -2.18. The van der Waals surface area contributed by atoms with Crippen molar-refractivity contribution in [2.45, 2.75) is 232 Å². The second kappa shape index (κ2) is 47.0. The number of ether oxygens (including phenoxy) is 3. The molecule has 0 N–H and O–H groups in total. The van der Waals surface area contributed by atoms with E-state index in [-0.39, 0.29) is 25.2 Å². The van der Waals surface area contributed by atoms with Gasteiger partial charge in [0.2, 0.25) is 0 Å². The minimum atomic E-state index is -0.564. The normalized spacial score (nSPS) is 12.7. The molecule has 0 saturated heterocycles. The van der Waals surface area contributed by atoms with Crippen LogP contribution in [0, 0.1) is 0 Å². The SMILES string of the molecule is CC/C=C\C/C=C\C/C=C\C/C=C\CCCOCC(COC(=O)CCCCCCC/C=C\CCCCCCCC)OC(=O)CCCCCCCCCCCCC. The molecule has 5 nitrogen and oxygen atoms in total. The summed E-state index contributed by atoms with van der Waals surface area (Å²) < 4.78 is 17.3. The van der Waals surface area contributed by atoms with Crippen molar-refractivity contribution in [3.63, 3.8) is 0 Å². The fourth-order valence-corrected chi connectivity index (χ4v) is 6.51. The van der Waals surface area contributed by atoms with E-state index in [9.17, 15) is 9.59 Å². The van der Waals surface area contributed by atoms with Gasteiger partial charge >= 0.3 is 11.9 Å². The molecular weight excluding hydrogens is 693 g/mol. The maximum Gasteiger partial charge on any atom is 0.306 e. The summed E-state index contributed by atoms with van der Waals surface area (Å²) in [6.45, 7) is 7.57. The lowest BCUT2D eigenvalue weighted by atomic mass is 10.1. The molecule has 0 rings (SSSR count). The molecule has 5 heteroatoms. The highest BCUT2D eigenvalue weighted by atomic mass is 16.6. The van der Waals surface area contributed by atoms with Crippen LogP contribution in [0.25, 0.3) is 0 Å². The fourth-order valence-electron chi connectivity index (χ4n) is 6.51. The van der Waals surface area contributed by atoms with Crippen molar-refractivity contribution in [3.8, 4) is 0 Å². The molecule has 0 fully saturated rings. The number of allylic oxidation sites excluding steroid dienone is 10. The zero-order valence-electron chi connectivity index (χ0n) is 37.1. The van der Waals surface area contributed by atoms with Crippen LogP contribution in [-0.4, -0.2) is 37.9 Å². The maximum atomic E-state index is 12.7. The van der Waals surface area contributed by atoms with Gasteiger partial charge in [0.25, 0.3) is 0 Å². The Kier molecular flexibility index (Phi) is 45.0. The second-order valence-electron chi connectivity index (χ2n) is 15.6. The van der Waals surface area contributed by atoms with Crippen LogP contribution in [0.15, 0.2) is 60.8 Å². The van der Waals surface area contributed by atoms with E-state index in [1.165, 1.54) is 116 Å². The van der Waals surface area contributed by atoms with Gasteiger partial charge in [0.05, 0.1) is 6.61 Å². The number of esters is 2. The Morgan fingerprint density at radius 1 is 0.411 bits per heavy atom. The van der Waals surface area contributed by atoms with Gasteiger partial charge < -0.3 is 14.2 Å². The van der Waals surface area contributed by atoms with Crippen molar-refractivity contribution < 1.29 is 23.8 Å². The van der Waals surface area contributed by atoms with Gasteiger partial charge in [-0.3, -0.25) is 9.59 Å². The minimum Gasteiger partial charge on any atom is -0.462 e. The summed E-state index contributed by atoms with van der Waals surface area (Å²) in [5, 5.41) is 0. The van der Waals surface area contributed by atoms with Gasteiger partial charge in [0, 0.05) is 19.4 Å². The Morgan fingerprint density at radius 3 is 1.30 bits per heavy atom. The first-order valence-electron chi connectivity index (χ1n) is 23.8. The van der Waals surface area contributed by atoms with E-state index in [1.54, 1.807) is 0 Å². The smallest absolute Gasteiger partial charge is 0.306 e. The number of hydrogen-bond acceptors (Lipinski definition) is 5. The Balaban J connectivity index is 4.33. The molecular formula is C51H90O5.